The fraction of sp³-hybridized carbons (Fsp3) is 0.308. The van der Waals surface area contributed by atoms with Crippen LogP contribution in [-0.2, 0) is 23.2 Å². The van der Waals surface area contributed by atoms with Crippen molar-refractivity contribution in [3.63, 3.8) is 0 Å². The minimum atomic E-state index is -3.68. The summed E-state index contributed by atoms with van der Waals surface area (Å²) in [5, 5.41) is 9.53. The lowest BCUT2D eigenvalue weighted by Crippen LogP contribution is -2.28. The Labute approximate surface area is 128 Å². The van der Waals surface area contributed by atoms with Crippen molar-refractivity contribution >= 4 is 21.6 Å². The average molecular weight is 330 g/mol. The van der Waals surface area contributed by atoms with E-state index < -0.39 is 10.0 Å². The highest BCUT2D eigenvalue weighted by atomic mass is 35.5. The van der Waals surface area contributed by atoms with Crippen LogP contribution >= 0.6 is 11.6 Å². The van der Waals surface area contributed by atoms with Crippen molar-refractivity contribution in [2.45, 2.75) is 25.0 Å². The molecular weight excluding hydrogens is 314 g/mol. The molecule has 2 aromatic rings. The van der Waals surface area contributed by atoms with E-state index in [0.717, 1.165) is 0 Å². The topological polar surface area (TPSA) is 84.2 Å². The molecule has 0 bridgehead atoms. The quantitative estimate of drug-likeness (QED) is 0.837. The van der Waals surface area contributed by atoms with E-state index in [1.165, 1.54) is 6.07 Å². The second-order valence-corrected chi connectivity index (χ2v) is 6.72. The number of aliphatic hydroxyl groups is 1. The molecule has 0 spiro atoms. The summed E-state index contributed by atoms with van der Waals surface area (Å²) in [5.41, 5.74) is 0.995. The lowest BCUT2D eigenvalue weighted by Gasteiger charge is -2.12. The summed E-state index contributed by atoms with van der Waals surface area (Å²) in [4.78, 5) is 3.97. The van der Waals surface area contributed by atoms with Gasteiger partial charge in [-0.05, 0) is 30.2 Å². The first-order chi connectivity index (χ1) is 9.94. The molecule has 114 valence electrons. The van der Waals surface area contributed by atoms with Gasteiger partial charge in [0.25, 0.3) is 0 Å². The number of sulfonamides is 1. The number of nitrogens with zero attached hydrogens (tertiary/aromatic N) is 2. The van der Waals surface area contributed by atoms with Crippen molar-refractivity contribution in [2.24, 2.45) is 0 Å². The molecule has 0 aliphatic rings. The maximum absolute atomic E-state index is 12.3. The van der Waals surface area contributed by atoms with E-state index in [4.69, 9.17) is 11.6 Å². The van der Waals surface area contributed by atoms with Gasteiger partial charge < -0.3 is 9.67 Å². The van der Waals surface area contributed by atoms with Gasteiger partial charge in [0.1, 0.15) is 0 Å². The van der Waals surface area contributed by atoms with Crippen LogP contribution in [0.15, 0.2) is 35.7 Å². The summed E-state index contributed by atoms with van der Waals surface area (Å²) >= 11 is 5.91. The van der Waals surface area contributed by atoms with Gasteiger partial charge in [-0.1, -0.05) is 11.6 Å². The lowest BCUT2D eigenvalue weighted by atomic mass is 10.1. The molecule has 0 fully saturated rings. The maximum Gasteiger partial charge on any atom is 0.240 e. The average Bonchev–Trinajstić information content (AvgIpc) is 2.93. The third-order valence-corrected chi connectivity index (χ3v) is 4.92. The van der Waals surface area contributed by atoms with Gasteiger partial charge in [-0.25, -0.2) is 18.1 Å². The number of halogens is 1. The summed E-state index contributed by atoms with van der Waals surface area (Å²) in [7, 11) is -3.68. The molecule has 0 amide bonds. The van der Waals surface area contributed by atoms with Crippen LogP contribution in [-0.4, -0.2) is 29.6 Å². The zero-order valence-electron chi connectivity index (χ0n) is 11.5. The second kappa shape index (κ2) is 6.57. The highest BCUT2D eigenvalue weighted by molar-refractivity contribution is 7.89. The zero-order valence-corrected chi connectivity index (χ0v) is 13.0. The van der Waals surface area contributed by atoms with Crippen molar-refractivity contribution in [1.82, 2.24) is 14.3 Å². The van der Waals surface area contributed by atoms with E-state index in [-0.39, 0.29) is 23.1 Å². The van der Waals surface area contributed by atoms with Crippen LogP contribution in [0.3, 0.4) is 0 Å². The Morgan fingerprint density at radius 3 is 2.81 bits per heavy atom. The van der Waals surface area contributed by atoms with E-state index in [1.807, 2.05) is 0 Å². The number of nitrogens with one attached hydrogen (secondary N) is 1. The molecular formula is C13H16ClN3O3S. The van der Waals surface area contributed by atoms with Crippen LogP contribution in [0.4, 0.5) is 0 Å². The second-order valence-electron chi connectivity index (χ2n) is 4.54. The molecule has 21 heavy (non-hydrogen) atoms. The molecule has 0 unspecified atom stereocenters. The Hall–Kier alpha value is -1.41. The first-order valence-electron chi connectivity index (χ1n) is 6.29. The number of aliphatic hydroxyl groups excluding tert-OH is 1. The van der Waals surface area contributed by atoms with Crippen LogP contribution in [0.25, 0.3) is 0 Å². The predicted molar refractivity (Wildman–Crippen MR) is 79.5 cm³/mol. The third kappa shape index (κ3) is 3.82. The number of aromatic nitrogens is 2. The summed E-state index contributed by atoms with van der Waals surface area (Å²) in [6, 6.07) is 2.94. The Kier molecular flexibility index (Phi) is 5.00. The minimum absolute atomic E-state index is 0.0877. The van der Waals surface area contributed by atoms with E-state index in [0.29, 0.717) is 17.7 Å². The summed E-state index contributed by atoms with van der Waals surface area (Å²) in [6.45, 7) is 2.10. The van der Waals surface area contributed by atoms with Crippen molar-refractivity contribution in [2.75, 3.05) is 6.54 Å². The lowest BCUT2D eigenvalue weighted by molar-refractivity contribution is 0.280. The highest BCUT2D eigenvalue weighted by Crippen LogP contribution is 2.24. The van der Waals surface area contributed by atoms with Crippen LogP contribution in [0.5, 0.6) is 0 Å². The first kappa shape index (κ1) is 16.0. The van der Waals surface area contributed by atoms with Crippen LogP contribution in [0, 0.1) is 6.92 Å². The number of hydrogen-bond acceptors (Lipinski definition) is 4. The van der Waals surface area contributed by atoms with Gasteiger partial charge >= 0.3 is 0 Å². The largest absolute Gasteiger partial charge is 0.392 e. The fourth-order valence-electron chi connectivity index (χ4n) is 1.96. The Morgan fingerprint density at radius 1 is 1.43 bits per heavy atom. The predicted octanol–water partition coefficient (Wildman–Crippen LogP) is 1.32. The van der Waals surface area contributed by atoms with Gasteiger partial charge in [-0.2, -0.15) is 0 Å². The molecule has 1 aromatic carbocycles. The smallest absolute Gasteiger partial charge is 0.240 e. The monoisotopic (exact) mass is 329 g/mol. The maximum atomic E-state index is 12.3. The Bertz CT molecular complexity index is 715. The molecule has 0 radical (unpaired) electrons. The molecule has 8 heteroatoms. The van der Waals surface area contributed by atoms with Gasteiger partial charge in [0.05, 0.1) is 17.8 Å². The molecule has 0 saturated carbocycles. The minimum Gasteiger partial charge on any atom is -0.392 e. The molecule has 1 aromatic heterocycles. The van der Waals surface area contributed by atoms with Crippen LogP contribution < -0.4 is 4.72 Å². The summed E-state index contributed by atoms with van der Waals surface area (Å²) < 4.78 is 28.9. The van der Waals surface area contributed by atoms with Crippen LogP contribution in [0.1, 0.15) is 11.1 Å². The van der Waals surface area contributed by atoms with Crippen molar-refractivity contribution < 1.29 is 13.5 Å². The van der Waals surface area contributed by atoms with Crippen molar-refractivity contribution in [3.8, 4) is 0 Å². The Balaban J connectivity index is 2.17. The van der Waals surface area contributed by atoms with Gasteiger partial charge in [0.15, 0.2) is 0 Å². The Morgan fingerprint density at radius 2 is 2.19 bits per heavy atom. The van der Waals surface area contributed by atoms with E-state index in [1.54, 1.807) is 36.3 Å². The number of rotatable bonds is 6. The molecule has 0 aliphatic carbocycles. The van der Waals surface area contributed by atoms with Gasteiger partial charge in [0, 0.05) is 30.5 Å². The molecule has 0 atom stereocenters. The summed E-state index contributed by atoms with van der Waals surface area (Å²) in [5.74, 6) is 0. The van der Waals surface area contributed by atoms with E-state index in [9.17, 15) is 13.5 Å². The van der Waals surface area contributed by atoms with E-state index in [2.05, 4.69) is 9.71 Å². The third-order valence-electron chi connectivity index (χ3n) is 3.11. The molecule has 1 heterocycles. The molecule has 2 N–H and O–H groups in total. The van der Waals surface area contributed by atoms with Crippen LogP contribution in [0.2, 0.25) is 5.02 Å². The molecule has 6 nitrogen and oxygen atoms in total. The fourth-order valence-corrected chi connectivity index (χ4v) is 3.59. The first-order valence-corrected chi connectivity index (χ1v) is 8.15. The molecule has 0 aliphatic heterocycles. The number of hydrogen-bond donors (Lipinski definition) is 2. The van der Waals surface area contributed by atoms with Gasteiger partial charge in [-0.3, -0.25) is 0 Å². The van der Waals surface area contributed by atoms with Gasteiger partial charge in [-0.15, -0.1) is 0 Å². The van der Waals surface area contributed by atoms with E-state index >= 15 is 0 Å². The SMILES string of the molecule is Cc1c(CO)cc(Cl)cc1S(=O)(=O)NCCn1ccnc1. The standard InChI is InChI=1S/C13H16ClN3O3S/c1-10-11(8-18)6-12(14)7-13(10)21(19,20)16-3-5-17-4-2-15-9-17/h2,4,6-7,9,16,18H,3,5,8H2,1H3. The highest BCUT2D eigenvalue weighted by Gasteiger charge is 2.19. The molecule has 2 rings (SSSR count). The van der Waals surface area contributed by atoms with Gasteiger partial charge in [0.2, 0.25) is 10.0 Å². The summed E-state index contributed by atoms with van der Waals surface area (Å²) in [6.07, 6.45) is 4.99. The number of benzene rings is 1. The number of imidazole rings is 1. The zero-order chi connectivity index (χ0) is 15.5. The normalized spacial score (nSPS) is 11.8. The van der Waals surface area contributed by atoms with Crippen molar-refractivity contribution in [3.05, 3.63) is 47.0 Å². The molecule has 0 saturated heterocycles. The van der Waals surface area contributed by atoms with Crippen molar-refractivity contribution in [1.29, 1.82) is 0 Å².